The zero-order chi connectivity index (χ0) is 19.9. The molecule has 0 aliphatic carbocycles. The van der Waals surface area contributed by atoms with E-state index in [1.807, 2.05) is 12.1 Å². The minimum absolute atomic E-state index is 0.106. The van der Waals surface area contributed by atoms with Crippen molar-refractivity contribution in [3.05, 3.63) is 60.1 Å². The maximum Gasteiger partial charge on any atom is 0.224 e. The molecular formula is C24H33N3O2. The van der Waals surface area contributed by atoms with E-state index < -0.39 is 0 Å². The van der Waals surface area contributed by atoms with Crippen LogP contribution in [0.4, 0.5) is 0 Å². The summed E-state index contributed by atoms with van der Waals surface area (Å²) in [4.78, 5) is 17.8. The van der Waals surface area contributed by atoms with Crippen molar-refractivity contribution in [2.75, 3.05) is 32.7 Å². The van der Waals surface area contributed by atoms with Crippen LogP contribution in [-0.2, 0) is 17.8 Å². The van der Waals surface area contributed by atoms with Crippen LogP contribution >= 0.6 is 0 Å². The molecule has 1 amide bonds. The van der Waals surface area contributed by atoms with Crippen LogP contribution in [0.5, 0.6) is 0 Å². The lowest BCUT2D eigenvalue weighted by Gasteiger charge is -2.42. The summed E-state index contributed by atoms with van der Waals surface area (Å²) >= 11 is 0. The molecule has 4 rings (SSSR count). The Morgan fingerprint density at radius 2 is 1.86 bits per heavy atom. The summed E-state index contributed by atoms with van der Waals surface area (Å²) in [5.74, 6) is 1.09. The maximum atomic E-state index is 12.6. The lowest BCUT2D eigenvalue weighted by Crippen LogP contribution is -2.50. The number of likely N-dealkylation sites (tertiary alicyclic amines) is 2. The van der Waals surface area contributed by atoms with E-state index in [4.69, 9.17) is 4.42 Å². The minimum Gasteiger partial charge on any atom is -0.467 e. The minimum atomic E-state index is 0.106. The lowest BCUT2D eigenvalue weighted by atomic mass is 9.93. The first kappa shape index (κ1) is 20.2. The molecule has 1 aromatic heterocycles. The van der Waals surface area contributed by atoms with Crippen molar-refractivity contribution in [3.8, 4) is 0 Å². The zero-order valence-electron chi connectivity index (χ0n) is 17.3. The molecule has 156 valence electrons. The Morgan fingerprint density at radius 3 is 2.62 bits per heavy atom. The number of carbonyl (C=O) groups excluding carboxylic acids is 1. The Morgan fingerprint density at radius 1 is 1.03 bits per heavy atom. The van der Waals surface area contributed by atoms with E-state index in [2.05, 4.69) is 45.4 Å². The highest BCUT2D eigenvalue weighted by Gasteiger charge is 2.31. The van der Waals surface area contributed by atoms with Gasteiger partial charge in [-0.2, -0.15) is 0 Å². The fourth-order valence-electron chi connectivity index (χ4n) is 4.72. The summed E-state index contributed by atoms with van der Waals surface area (Å²) in [5, 5.41) is 3.05. The molecule has 2 aliphatic heterocycles. The number of nitrogens with one attached hydrogen (secondary N) is 1. The fourth-order valence-corrected chi connectivity index (χ4v) is 4.72. The van der Waals surface area contributed by atoms with Gasteiger partial charge in [0, 0.05) is 19.1 Å². The molecular weight excluding hydrogens is 362 g/mol. The van der Waals surface area contributed by atoms with Crippen molar-refractivity contribution in [1.29, 1.82) is 0 Å². The molecule has 0 bridgehead atoms. The smallest absolute Gasteiger partial charge is 0.224 e. The van der Waals surface area contributed by atoms with Crippen molar-refractivity contribution in [2.45, 2.75) is 44.7 Å². The molecule has 1 N–H and O–H groups in total. The van der Waals surface area contributed by atoms with Crippen molar-refractivity contribution in [3.63, 3.8) is 0 Å². The largest absolute Gasteiger partial charge is 0.467 e. The molecule has 0 radical (unpaired) electrons. The highest BCUT2D eigenvalue weighted by atomic mass is 16.3. The molecule has 2 saturated heterocycles. The lowest BCUT2D eigenvalue weighted by molar-refractivity contribution is -0.127. The molecule has 3 heterocycles. The highest BCUT2D eigenvalue weighted by Crippen LogP contribution is 2.24. The molecule has 29 heavy (non-hydrogen) atoms. The molecule has 1 aromatic carbocycles. The maximum absolute atomic E-state index is 12.6. The van der Waals surface area contributed by atoms with Crippen LogP contribution in [0.25, 0.3) is 0 Å². The number of nitrogens with zero attached hydrogens (tertiary/aromatic N) is 2. The van der Waals surface area contributed by atoms with E-state index in [1.54, 1.807) is 6.26 Å². The first-order valence-corrected chi connectivity index (χ1v) is 11.1. The number of piperidine rings is 2. The number of hydrogen-bond acceptors (Lipinski definition) is 4. The Balaban J connectivity index is 1.19. The van der Waals surface area contributed by atoms with Crippen LogP contribution in [0.2, 0.25) is 0 Å². The topological polar surface area (TPSA) is 48.7 Å². The molecule has 2 aliphatic rings. The van der Waals surface area contributed by atoms with Gasteiger partial charge in [-0.15, -0.1) is 0 Å². The molecule has 0 unspecified atom stereocenters. The predicted molar refractivity (Wildman–Crippen MR) is 114 cm³/mol. The van der Waals surface area contributed by atoms with Crippen LogP contribution in [0.1, 0.15) is 37.0 Å². The van der Waals surface area contributed by atoms with E-state index in [0.29, 0.717) is 12.6 Å². The first-order chi connectivity index (χ1) is 14.3. The van der Waals surface area contributed by atoms with Crippen molar-refractivity contribution < 1.29 is 9.21 Å². The van der Waals surface area contributed by atoms with E-state index in [1.165, 1.54) is 31.5 Å². The predicted octanol–water partition coefficient (Wildman–Crippen LogP) is 3.31. The number of rotatable bonds is 7. The summed E-state index contributed by atoms with van der Waals surface area (Å²) < 4.78 is 5.32. The second-order valence-corrected chi connectivity index (χ2v) is 8.44. The normalized spacial score (nSPS) is 21.9. The zero-order valence-corrected chi connectivity index (χ0v) is 17.3. The van der Waals surface area contributed by atoms with Crippen LogP contribution in [0, 0.1) is 5.92 Å². The van der Waals surface area contributed by atoms with Gasteiger partial charge in [-0.25, -0.2) is 0 Å². The van der Waals surface area contributed by atoms with Crippen LogP contribution < -0.4 is 5.32 Å². The van der Waals surface area contributed by atoms with Gasteiger partial charge in [-0.3, -0.25) is 9.69 Å². The van der Waals surface area contributed by atoms with Gasteiger partial charge in [0.05, 0.1) is 18.7 Å². The van der Waals surface area contributed by atoms with Crippen molar-refractivity contribution >= 4 is 5.91 Å². The molecule has 5 nitrogen and oxygen atoms in total. The Labute approximate surface area is 174 Å². The van der Waals surface area contributed by atoms with Crippen molar-refractivity contribution in [1.82, 2.24) is 15.1 Å². The fraction of sp³-hybridized carbons (Fsp3) is 0.542. The number of carbonyl (C=O) groups is 1. The summed E-state index contributed by atoms with van der Waals surface area (Å²) in [6.07, 6.45) is 7.33. The summed E-state index contributed by atoms with van der Waals surface area (Å²) in [6, 6.07) is 15.2. The SMILES string of the molecule is O=C(NCc1ccco1)[C@@H]1CCCN(C2CCN(CCc3ccccc3)CC2)C1. The Kier molecular flexibility index (Phi) is 7.01. The summed E-state index contributed by atoms with van der Waals surface area (Å²) in [5.41, 5.74) is 1.43. The van der Waals surface area contributed by atoms with Crippen LogP contribution in [0.3, 0.4) is 0 Å². The molecule has 5 heteroatoms. The number of hydrogen-bond donors (Lipinski definition) is 1. The van der Waals surface area contributed by atoms with Crippen molar-refractivity contribution in [2.24, 2.45) is 5.92 Å². The van der Waals surface area contributed by atoms with E-state index in [9.17, 15) is 4.79 Å². The Bertz CT molecular complexity index is 739. The third-order valence-corrected chi connectivity index (χ3v) is 6.47. The van der Waals surface area contributed by atoms with Gasteiger partial charge >= 0.3 is 0 Å². The van der Waals surface area contributed by atoms with E-state index in [0.717, 1.165) is 44.7 Å². The second-order valence-electron chi connectivity index (χ2n) is 8.44. The molecule has 2 aromatic rings. The second kappa shape index (κ2) is 10.1. The highest BCUT2D eigenvalue weighted by molar-refractivity contribution is 5.78. The average molecular weight is 396 g/mol. The van der Waals surface area contributed by atoms with Gasteiger partial charge in [-0.1, -0.05) is 30.3 Å². The van der Waals surface area contributed by atoms with Crippen LogP contribution in [0.15, 0.2) is 53.1 Å². The molecule has 1 atom stereocenters. The molecule has 0 saturated carbocycles. The number of amides is 1. The van der Waals surface area contributed by atoms with Crippen LogP contribution in [-0.4, -0.2) is 54.5 Å². The third kappa shape index (κ3) is 5.71. The molecule has 0 spiro atoms. The number of benzene rings is 1. The number of furan rings is 1. The van der Waals surface area contributed by atoms with E-state index >= 15 is 0 Å². The molecule has 2 fully saturated rings. The average Bonchev–Trinajstić information content (AvgIpc) is 3.31. The van der Waals surface area contributed by atoms with Gasteiger partial charge in [0.1, 0.15) is 5.76 Å². The van der Waals surface area contributed by atoms with Gasteiger partial charge in [0.2, 0.25) is 5.91 Å². The standard InChI is InChI=1S/C24H33N3O2/c28-24(25-18-23-9-5-17-29-23)21-8-4-13-27(19-21)22-11-15-26(16-12-22)14-10-20-6-2-1-3-7-20/h1-3,5-7,9,17,21-22H,4,8,10-16,18-19H2,(H,25,28)/t21-/m1/s1. The summed E-state index contributed by atoms with van der Waals surface area (Å²) in [7, 11) is 0. The Hall–Kier alpha value is -2.11. The van der Waals surface area contributed by atoms with Gasteiger partial charge in [-0.05, 0) is 69.4 Å². The quantitative estimate of drug-likeness (QED) is 0.781. The monoisotopic (exact) mass is 395 g/mol. The third-order valence-electron chi connectivity index (χ3n) is 6.47. The van der Waals surface area contributed by atoms with Gasteiger partial charge in [0.25, 0.3) is 0 Å². The van der Waals surface area contributed by atoms with E-state index in [-0.39, 0.29) is 11.8 Å². The van der Waals surface area contributed by atoms with Gasteiger partial charge in [0.15, 0.2) is 0 Å². The summed E-state index contributed by atoms with van der Waals surface area (Å²) in [6.45, 7) is 6.01. The van der Waals surface area contributed by atoms with Gasteiger partial charge < -0.3 is 14.6 Å². The first-order valence-electron chi connectivity index (χ1n) is 11.1.